The first-order chi connectivity index (χ1) is 11.8. The SMILES string of the molecule is CN=C(NCCNC(=O)C1CCCCC1)NCCc1ccccn1.I. The number of aromatic nitrogens is 1. The Morgan fingerprint density at radius 3 is 2.52 bits per heavy atom. The standard InChI is InChI=1S/C18H29N5O.HI/c1-19-18(22-12-10-16-9-5-6-11-20-16)23-14-13-21-17(24)15-7-3-2-4-8-15;/h5-6,9,11,15H,2-4,7-8,10,12-14H2,1H3,(H,21,24)(H2,19,22,23);1H. The molecule has 0 aliphatic heterocycles. The van der Waals surface area contributed by atoms with E-state index in [1.54, 1.807) is 13.2 Å². The predicted octanol–water partition coefficient (Wildman–Crippen LogP) is 2.10. The third-order valence-electron chi connectivity index (χ3n) is 4.32. The number of guanidine groups is 1. The normalized spacial score (nSPS) is 15.2. The van der Waals surface area contributed by atoms with E-state index in [1.165, 1.54) is 19.3 Å². The molecule has 1 heterocycles. The molecule has 0 aromatic carbocycles. The van der Waals surface area contributed by atoms with Crippen LogP contribution in [0.15, 0.2) is 29.4 Å². The molecule has 0 spiro atoms. The van der Waals surface area contributed by atoms with Crippen LogP contribution in [0.25, 0.3) is 0 Å². The van der Waals surface area contributed by atoms with Crippen LogP contribution < -0.4 is 16.0 Å². The van der Waals surface area contributed by atoms with Crippen molar-refractivity contribution in [3.63, 3.8) is 0 Å². The Balaban J connectivity index is 0.00000312. The van der Waals surface area contributed by atoms with Gasteiger partial charge in [0.05, 0.1) is 0 Å². The number of carbonyl (C=O) groups is 1. The van der Waals surface area contributed by atoms with Gasteiger partial charge in [0.15, 0.2) is 5.96 Å². The fourth-order valence-corrected chi connectivity index (χ4v) is 2.95. The fraction of sp³-hybridized carbons (Fsp3) is 0.611. The molecule has 1 saturated carbocycles. The van der Waals surface area contributed by atoms with Crippen LogP contribution in [-0.4, -0.2) is 43.5 Å². The van der Waals surface area contributed by atoms with Gasteiger partial charge >= 0.3 is 0 Å². The van der Waals surface area contributed by atoms with Gasteiger partial charge in [-0.1, -0.05) is 25.3 Å². The zero-order valence-corrected chi connectivity index (χ0v) is 17.3. The second-order valence-electron chi connectivity index (χ2n) is 6.12. The minimum Gasteiger partial charge on any atom is -0.356 e. The van der Waals surface area contributed by atoms with Crippen molar-refractivity contribution >= 4 is 35.8 Å². The first-order valence-corrected chi connectivity index (χ1v) is 8.91. The molecule has 1 amide bonds. The molecule has 0 saturated heterocycles. The molecule has 1 aromatic rings. The van der Waals surface area contributed by atoms with Crippen molar-refractivity contribution in [2.75, 3.05) is 26.7 Å². The van der Waals surface area contributed by atoms with Crippen LogP contribution in [0.4, 0.5) is 0 Å². The van der Waals surface area contributed by atoms with E-state index in [-0.39, 0.29) is 35.8 Å². The Hall–Kier alpha value is -1.38. The zero-order valence-electron chi connectivity index (χ0n) is 15.0. The van der Waals surface area contributed by atoms with Crippen LogP contribution in [0.5, 0.6) is 0 Å². The Morgan fingerprint density at radius 1 is 1.12 bits per heavy atom. The predicted molar refractivity (Wildman–Crippen MR) is 112 cm³/mol. The summed E-state index contributed by atoms with van der Waals surface area (Å²) >= 11 is 0. The lowest BCUT2D eigenvalue weighted by atomic mass is 9.89. The van der Waals surface area contributed by atoms with Gasteiger partial charge in [-0.05, 0) is 25.0 Å². The summed E-state index contributed by atoms with van der Waals surface area (Å²) in [5.74, 6) is 1.17. The molecule has 7 heteroatoms. The third kappa shape index (κ3) is 8.51. The number of pyridine rings is 1. The lowest BCUT2D eigenvalue weighted by Crippen LogP contribution is -2.43. The highest BCUT2D eigenvalue weighted by molar-refractivity contribution is 14.0. The van der Waals surface area contributed by atoms with E-state index in [1.807, 2.05) is 18.2 Å². The van der Waals surface area contributed by atoms with E-state index in [0.717, 1.165) is 37.5 Å². The van der Waals surface area contributed by atoms with Crippen LogP contribution in [0.1, 0.15) is 37.8 Å². The van der Waals surface area contributed by atoms with Crippen molar-refractivity contribution in [3.8, 4) is 0 Å². The highest BCUT2D eigenvalue weighted by Crippen LogP contribution is 2.23. The molecule has 25 heavy (non-hydrogen) atoms. The van der Waals surface area contributed by atoms with Crippen LogP contribution in [0.3, 0.4) is 0 Å². The summed E-state index contributed by atoms with van der Waals surface area (Å²) < 4.78 is 0. The van der Waals surface area contributed by atoms with E-state index < -0.39 is 0 Å². The quantitative estimate of drug-likeness (QED) is 0.253. The summed E-state index contributed by atoms with van der Waals surface area (Å²) in [4.78, 5) is 20.5. The topological polar surface area (TPSA) is 78.4 Å². The minimum atomic E-state index is 0. The highest BCUT2D eigenvalue weighted by atomic mass is 127. The Labute approximate surface area is 167 Å². The number of rotatable bonds is 7. The van der Waals surface area contributed by atoms with Gasteiger partial charge in [0, 0.05) is 50.9 Å². The zero-order chi connectivity index (χ0) is 17.0. The highest BCUT2D eigenvalue weighted by Gasteiger charge is 2.20. The Kier molecular flexibility index (Phi) is 11.2. The van der Waals surface area contributed by atoms with Gasteiger partial charge in [-0.3, -0.25) is 14.8 Å². The van der Waals surface area contributed by atoms with Crippen molar-refractivity contribution in [2.45, 2.75) is 38.5 Å². The second-order valence-corrected chi connectivity index (χ2v) is 6.12. The van der Waals surface area contributed by atoms with E-state index >= 15 is 0 Å². The number of nitrogens with one attached hydrogen (secondary N) is 3. The monoisotopic (exact) mass is 459 g/mol. The second kappa shape index (κ2) is 12.9. The number of amides is 1. The number of nitrogens with zero attached hydrogens (tertiary/aromatic N) is 2. The first-order valence-electron chi connectivity index (χ1n) is 8.91. The van der Waals surface area contributed by atoms with Gasteiger partial charge in [-0.25, -0.2) is 0 Å². The maximum Gasteiger partial charge on any atom is 0.223 e. The van der Waals surface area contributed by atoms with Crippen LogP contribution in [0, 0.1) is 5.92 Å². The molecule has 2 rings (SSSR count). The van der Waals surface area contributed by atoms with Gasteiger partial charge in [0.2, 0.25) is 5.91 Å². The molecule has 3 N–H and O–H groups in total. The average molecular weight is 459 g/mol. The van der Waals surface area contributed by atoms with Crippen LogP contribution >= 0.6 is 24.0 Å². The van der Waals surface area contributed by atoms with E-state index in [4.69, 9.17) is 0 Å². The molecule has 1 fully saturated rings. The summed E-state index contributed by atoms with van der Waals surface area (Å²) in [7, 11) is 1.75. The lowest BCUT2D eigenvalue weighted by molar-refractivity contribution is -0.125. The molecule has 1 aliphatic rings. The van der Waals surface area contributed by atoms with Crippen molar-refractivity contribution in [1.29, 1.82) is 0 Å². The Bertz CT molecular complexity index is 517. The summed E-state index contributed by atoms with van der Waals surface area (Å²) in [6.07, 6.45) is 8.36. The van der Waals surface area contributed by atoms with Crippen molar-refractivity contribution in [3.05, 3.63) is 30.1 Å². The molecule has 0 radical (unpaired) electrons. The van der Waals surface area contributed by atoms with Crippen molar-refractivity contribution in [1.82, 2.24) is 20.9 Å². The molecule has 0 bridgehead atoms. The smallest absolute Gasteiger partial charge is 0.223 e. The summed E-state index contributed by atoms with van der Waals surface area (Å²) in [6, 6.07) is 5.92. The van der Waals surface area contributed by atoms with Gasteiger partial charge in [0.1, 0.15) is 0 Å². The molecular formula is C18H30IN5O. The fourth-order valence-electron chi connectivity index (χ4n) is 2.95. The van der Waals surface area contributed by atoms with Gasteiger partial charge in [-0.15, -0.1) is 24.0 Å². The van der Waals surface area contributed by atoms with Gasteiger partial charge < -0.3 is 16.0 Å². The molecule has 140 valence electrons. The van der Waals surface area contributed by atoms with Gasteiger partial charge in [-0.2, -0.15) is 0 Å². The van der Waals surface area contributed by atoms with Crippen molar-refractivity contribution < 1.29 is 4.79 Å². The number of carbonyl (C=O) groups excluding carboxylic acids is 1. The first kappa shape index (κ1) is 21.7. The molecule has 0 atom stereocenters. The van der Waals surface area contributed by atoms with Crippen LogP contribution in [0.2, 0.25) is 0 Å². The van der Waals surface area contributed by atoms with E-state index in [2.05, 4.69) is 25.9 Å². The van der Waals surface area contributed by atoms with E-state index in [0.29, 0.717) is 13.1 Å². The maximum absolute atomic E-state index is 12.0. The molecule has 0 unspecified atom stereocenters. The molecular weight excluding hydrogens is 429 g/mol. The third-order valence-corrected chi connectivity index (χ3v) is 4.32. The maximum atomic E-state index is 12.0. The molecule has 1 aliphatic carbocycles. The van der Waals surface area contributed by atoms with Gasteiger partial charge in [0.25, 0.3) is 0 Å². The summed E-state index contributed by atoms with van der Waals surface area (Å²) in [6.45, 7) is 2.06. The lowest BCUT2D eigenvalue weighted by Gasteiger charge is -2.21. The molecule has 1 aromatic heterocycles. The number of halogens is 1. The largest absolute Gasteiger partial charge is 0.356 e. The van der Waals surface area contributed by atoms with E-state index in [9.17, 15) is 4.79 Å². The van der Waals surface area contributed by atoms with Crippen LogP contribution in [-0.2, 0) is 11.2 Å². The minimum absolute atomic E-state index is 0. The average Bonchev–Trinajstić information content (AvgIpc) is 2.65. The van der Waals surface area contributed by atoms with Crippen molar-refractivity contribution in [2.24, 2.45) is 10.9 Å². The molecule has 6 nitrogen and oxygen atoms in total. The summed E-state index contributed by atoms with van der Waals surface area (Å²) in [5.41, 5.74) is 1.06. The number of aliphatic imine (C=N–C) groups is 1. The Morgan fingerprint density at radius 2 is 1.84 bits per heavy atom. The number of hydrogen-bond donors (Lipinski definition) is 3. The summed E-state index contributed by atoms with van der Waals surface area (Å²) in [5, 5.41) is 9.49. The number of hydrogen-bond acceptors (Lipinski definition) is 3.